The van der Waals surface area contributed by atoms with E-state index in [4.69, 9.17) is 0 Å². The van der Waals surface area contributed by atoms with Crippen molar-refractivity contribution in [2.24, 2.45) is 5.92 Å². The molecule has 2 nitrogen and oxygen atoms in total. The van der Waals surface area contributed by atoms with E-state index in [-0.39, 0.29) is 18.5 Å². The van der Waals surface area contributed by atoms with Crippen LogP contribution in [0.5, 0.6) is 0 Å². The molecule has 0 bridgehead atoms. The molecule has 1 fully saturated rings. The van der Waals surface area contributed by atoms with Crippen molar-refractivity contribution in [3.8, 4) is 0 Å². The quantitative estimate of drug-likeness (QED) is 0.928. The summed E-state index contributed by atoms with van der Waals surface area (Å²) in [5, 5.41) is 9.38. The topological polar surface area (TPSA) is 23.5 Å². The first-order valence-electron chi connectivity index (χ1n) is 5.90. The molecule has 2 rings (SSSR count). The molecular formula is C13H17BrFNO. The fraction of sp³-hybridized carbons (Fsp3) is 0.538. The Labute approximate surface area is 110 Å². The molecule has 2 atom stereocenters. The molecule has 1 saturated heterocycles. The van der Waals surface area contributed by atoms with E-state index in [0.29, 0.717) is 12.5 Å². The van der Waals surface area contributed by atoms with Crippen LogP contribution in [0.1, 0.15) is 18.9 Å². The van der Waals surface area contributed by atoms with Crippen LogP contribution in [0.15, 0.2) is 22.7 Å². The molecule has 17 heavy (non-hydrogen) atoms. The average Bonchev–Trinajstić information content (AvgIpc) is 2.64. The Bertz CT molecular complexity index is 399. The van der Waals surface area contributed by atoms with Crippen LogP contribution in [0.4, 0.5) is 4.39 Å². The fourth-order valence-electron chi connectivity index (χ4n) is 2.46. The Morgan fingerprint density at radius 3 is 3.00 bits per heavy atom. The third-order valence-corrected chi connectivity index (χ3v) is 4.34. The number of aliphatic hydroxyl groups excluding tert-OH is 1. The van der Waals surface area contributed by atoms with Gasteiger partial charge >= 0.3 is 0 Å². The average molecular weight is 302 g/mol. The van der Waals surface area contributed by atoms with Gasteiger partial charge in [0, 0.05) is 17.1 Å². The second-order valence-electron chi connectivity index (χ2n) is 4.72. The second kappa shape index (κ2) is 5.46. The van der Waals surface area contributed by atoms with Gasteiger partial charge in [0.05, 0.1) is 6.61 Å². The molecule has 94 valence electrons. The minimum atomic E-state index is -0.212. The van der Waals surface area contributed by atoms with Crippen molar-refractivity contribution in [1.82, 2.24) is 4.90 Å². The fourth-order valence-corrected chi connectivity index (χ4v) is 2.83. The maximum atomic E-state index is 13.2. The van der Waals surface area contributed by atoms with Gasteiger partial charge in [-0.05, 0) is 42.6 Å². The smallest absolute Gasteiger partial charge is 0.123 e. The minimum absolute atomic E-state index is 0.175. The Morgan fingerprint density at radius 1 is 1.53 bits per heavy atom. The van der Waals surface area contributed by atoms with Crippen LogP contribution in [0, 0.1) is 11.7 Å². The normalized spacial score (nSPS) is 25.4. The van der Waals surface area contributed by atoms with Crippen LogP contribution in [0.3, 0.4) is 0 Å². The summed E-state index contributed by atoms with van der Waals surface area (Å²) >= 11 is 3.44. The first kappa shape index (κ1) is 13.0. The number of hydrogen-bond acceptors (Lipinski definition) is 2. The van der Waals surface area contributed by atoms with Gasteiger partial charge in [-0.3, -0.25) is 4.90 Å². The van der Waals surface area contributed by atoms with E-state index in [0.717, 1.165) is 23.0 Å². The van der Waals surface area contributed by atoms with Crippen molar-refractivity contribution >= 4 is 15.9 Å². The van der Waals surface area contributed by atoms with Crippen LogP contribution in [-0.2, 0) is 6.54 Å². The standard InChI is InChI=1S/C13H17BrFNO/c1-9-4-5-16(13(9)8-17)7-10-6-11(15)2-3-12(10)14/h2-3,6,9,13,17H,4-5,7-8H2,1H3. The van der Waals surface area contributed by atoms with Gasteiger partial charge < -0.3 is 5.11 Å². The molecule has 1 N–H and O–H groups in total. The van der Waals surface area contributed by atoms with Crippen molar-refractivity contribution in [3.63, 3.8) is 0 Å². The lowest BCUT2D eigenvalue weighted by atomic mass is 10.0. The van der Waals surface area contributed by atoms with E-state index in [1.54, 1.807) is 12.1 Å². The molecule has 0 aromatic heterocycles. The zero-order valence-electron chi connectivity index (χ0n) is 9.87. The van der Waals surface area contributed by atoms with Gasteiger partial charge in [-0.1, -0.05) is 22.9 Å². The molecular weight excluding hydrogens is 285 g/mol. The molecule has 2 unspecified atom stereocenters. The molecule has 1 aromatic rings. The molecule has 0 radical (unpaired) electrons. The van der Waals surface area contributed by atoms with E-state index in [1.807, 2.05) is 0 Å². The van der Waals surface area contributed by atoms with E-state index in [9.17, 15) is 9.50 Å². The van der Waals surface area contributed by atoms with Crippen LogP contribution in [0.2, 0.25) is 0 Å². The summed E-state index contributed by atoms with van der Waals surface area (Å²) < 4.78 is 14.1. The highest BCUT2D eigenvalue weighted by Crippen LogP contribution is 2.27. The van der Waals surface area contributed by atoms with Crippen molar-refractivity contribution in [2.45, 2.75) is 25.9 Å². The zero-order chi connectivity index (χ0) is 12.4. The van der Waals surface area contributed by atoms with E-state index in [1.165, 1.54) is 6.07 Å². The molecule has 1 aliphatic rings. The molecule has 1 aromatic carbocycles. The third-order valence-electron chi connectivity index (χ3n) is 3.57. The third kappa shape index (κ3) is 2.87. The first-order chi connectivity index (χ1) is 8.11. The summed E-state index contributed by atoms with van der Waals surface area (Å²) in [6.45, 7) is 3.98. The highest BCUT2D eigenvalue weighted by Gasteiger charge is 2.30. The second-order valence-corrected chi connectivity index (χ2v) is 5.58. The summed E-state index contributed by atoms with van der Waals surface area (Å²) in [6.07, 6.45) is 1.10. The number of aliphatic hydroxyl groups is 1. The molecule has 0 aliphatic carbocycles. The van der Waals surface area contributed by atoms with E-state index >= 15 is 0 Å². The number of benzene rings is 1. The zero-order valence-corrected chi connectivity index (χ0v) is 11.5. The molecule has 0 saturated carbocycles. The molecule has 1 heterocycles. The number of rotatable bonds is 3. The first-order valence-corrected chi connectivity index (χ1v) is 6.70. The minimum Gasteiger partial charge on any atom is -0.395 e. The monoisotopic (exact) mass is 301 g/mol. The number of nitrogens with zero attached hydrogens (tertiary/aromatic N) is 1. The number of likely N-dealkylation sites (tertiary alicyclic amines) is 1. The van der Waals surface area contributed by atoms with Crippen LogP contribution in [-0.4, -0.2) is 29.2 Å². The van der Waals surface area contributed by atoms with Crippen LogP contribution < -0.4 is 0 Å². The Kier molecular flexibility index (Phi) is 4.17. The van der Waals surface area contributed by atoms with Gasteiger partial charge in [-0.25, -0.2) is 4.39 Å². The van der Waals surface area contributed by atoms with Crippen molar-refractivity contribution in [1.29, 1.82) is 0 Å². The predicted molar refractivity (Wildman–Crippen MR) is 69.2 cm³/mol. The van der Waals surface area contributed by atoms with Gasteiger partial charge in [0.2, 0.25) is 0 Å². The van der Waals surface area contributed by atoms with Crippen LogP contribution in [0.25, 0.3) is 0 Å². The lowest BCUT2D eigenvalue weighted by Crippen LogP contribution is -2.34. The van der Waals surface area contributed by atoms with Gasteiger partial charge in [0.1, 0.15) is 5.82 Å². The van der Waals surface area contributed by atoms with Crippen molar-refractivity contribution in [2.75, 3.05) is 13.2 Å². The van der Waals surface area contributed by atoms with E-state index < -0.39 is 0 Å². The number of halogens is 2. The van der Waals surface area contributed by atoms with E-state index in [2.05, 4.69) is 27.8 Å². The molecule has 0 spiro atoms. The van der Waals surface area contributed by atoms with Gasteiger partial charge in [0.15, 0.2) is 0 Å². The summed E-state index contributed by atoms with van der Waals surface area (Å²) in [7, 11) is 0. The Hall–Kier alpha value is -0.450. The SMILES string of the molecule is CC1CCN(Cc2cc(F)ccc2Br)C1CO. The Balaban J connectivity index is 2.12. The lowest BCUT2D eigenvalue weighted by Gasteiger charge is -2.25. The molecule has 4 heteroatoms. The van der Waals surface area contributed by atoms with Gasteiger partial charge in [-0.15, -0.1) is 0 Å². The maximum absolute atomic E-state index is 13.2. The largest absolute Gasteiger partial charge is 0.395 e. The summed E-state index contributed by atoms with van der Waals surface area (Å²) in [4.78, 5) is 2.23. The van der Waals surface area contributed by atoms with Crippen LogP contribution >= 0.6 is 15.9 Å². The Morgan fingerprint density at radius 2 is 2.29 bits per heavy atom. The van der Waals surface area contributed by atoms with Gasteiger partial charge in [0.25, 0.3) is 0 Å². The highest BCUT2D eigenvalue weighted by molar-refractivity contribution is 9.10. The van der Waals surface area contributed by atoms with Crippen molar-refractivity contribution in [3.05, 3.63) is 34.1 Å². The van der Waals surface area contributed by atoms with Gasteiger partial charge in [-0.2, -0.15) is 0 Å². The maximum Gasteiger partial charge on any atom is 0.123 e. The predicted octanol–water partition coefficient (Wildman–Crippen LogP) is 2.79. The highest BCUT2D eigenvalue weighted by atomic mass is 79.9. The summed E-state index contributed by atoms with van der Waals surface area (Å²) in [6, 6.07) is 4.94. The summed E-state index contributed by atoms with van der Waals surface area (Å²) in [5.74, 6) is 0.295. The molecule has 1 aliphatic heterocycles. The number of hydrogen-bond donors (Lipinski definition) is 1. The molecule has 0 amide bonds. The lowest BCUT2D eigenvalue weighted by molar-refractivity contribution is 0.134. The van der Waals surface area contributed by atoms with Crippen molar-refractivity contribution < 1.29 is 9.50 Å². The summed E-state index contributed by atoms with van der Waals surface area (Å²) in [5.41, 5.74) is 0.942.